The summed E-state index contributed by atoms with van der Waals surface area (Å²) in [6.45, 7) is 0.891. The molecule has 160 valence electrons. The number of hydrogen-bond donors (Lipinski definition) is 1. The molecule has 0 saturated heterocycles. The summed E-state index contributed by atoms with van der Waals surface area (Å²) < 4.78 is 56.6. The quantitative estimate of drug-likeness (QED) is 0.273. The molecule has 0 saturated carbocycles. The Hall–Kier alpha value is -3.75. The maximum absolute atomic E-state index is 13.9. The maximum Gasteiger partial charge on any atom is 0.228 e. The van der Waals surface area contributed by atoms with Gasteiger partial charge >= 0.3 is 0 Å². The summed E-state index contributed by atoms with van der Waals surface area (Å²) in [6.07, 6.45) is 5.81. The Morgan fingerprint density at radius 3 is 2.19 bits per heavy atom. The fourth-order valence-corrected chi connectivity index (χ4v) is 2.82. The van der Waals surface area contributed by atoms with Crippen LogP contribution in [0.1, 0.15) is 27.3 Å². The normalized spacial score (nSPS) is 11.2. The van der Waals surface area contributed by atoms with Gasteiger partial charge in [-0.05, 0) is 24.1 Å². The molecule has 0 unspecified atom stereocenters. The molecule has 2 aromatic carbocycles. The molecular weight excluding hydrogens is 414 g/mol. The van der Waals surface area contributed by atoms with Crippen molar-refractivity contribution < 1.29 is 27.2 Å². The molecule has 1 amide bonds. The number of ketones is 1. The Bertz CT molecular complexity index is 1160. The molecule has 1 aromatic heterocycles. The van der Waals surface area contributed by atoms with E-state index in [2.05, 4.69) is 4.98 Å². The fraction of sp³-hybridized carbons (Fsp3) is 0.136. The van der Waals surface area contributed by atoms with Crippen molar-refractivity contribution in [2.24, 2.45) is 7.05 Å². The lowest BCUT2D eigenvalue weighted by Gasteiger charge is -2.11. The fourth-order valence-electron chi connectivity index (χ4n) is 2.82. The van der Waals surface area contributed by atoms with Crippen LogP contribution in [0, 0.1) is 30.2 Å². The van der Waals surface area contributed by atoms with Gasteiger partial charge in [-0.15, -0.1) is 0 Å². The van der Waals surface area contributed by atoms with E-state index in [0.717, 1.165) is 6.92 Å². The molecule has 0 aliphatic heterocycles. The number of aromatic nitrogens is 2. The van der Waals surface area contributed by atoms with Crippen molar-refractivity contribution in [3.63, 3.8) is 0 Å². The number of nitrogens with zero attached hydrogens (tertiary/aromatic N) is 2. The molecule has 9 heteroatoms. The van der Waals surface area contributed by atoms with E-state index >= 15 is 0 Å². The standard InChI is InChI=1S/C22H17F4N3O2/c1-12-17(23)19(25)21(20(26)18(12)24)28-16(31)11-14-5-3-13(4-6-14)7-8-15(30)22-27-9-10-29(22)2/h3-10H,11H2,1-2H3,(H,28,31)/b8-7+. The molecule has 0 atom stereocenters. The molecule has 0 spiro atoms. The number of imidazole rings is 1. The maximum atomic E-state index is 13.9. The average Bonchev–Trinajstić information content (AvgIpc) is 3.19. The number of hydrogen-bond acceptors (Lipinski definition) is 3. The van der Waals surface area contributed by atoms with E-state index < -0.39 is 40.4 Å². The lowest BCUT2D eigenvalue weighted by Crippen LogP contribution is -2.18. The molecule has 3 rings (SSSR count). The summed E-state index contributed by atoms with van der Waals surface area (Å²) in [4.78, 5) is 28.1. The molecule has 0 bridgehead atoms. The molecule has 1 heterocycles. The number of amides is 1. The van der Waals surface area contributed by atoms with E-state index in [0.29, 0.717) is 11.1 Å². The van der Waals surface area contributed by atoms with Crippen LogP contribution in [0.3, 0.4) is 0 Å². The summed E-state index contributed by atoms with van der Waals surface area (Å²) in [5.41, 5.74) is -0.818. The minimum Gasteiger partial charge on any atom is -0.331 e. The summed E-state index contributed by atoms with van der Waals surface area (Å²) in [6, 6.07) is 6.43. The van der Waals surface area contributed by atoms with Crippen LogP contribution in [-0.4, -0.2) is 21.2 Å². The highest BCUT2D eigenvalue weighted by atomic mass is 19.2. The van der Waals surface area contributed by atoms with Gasteiger partial charge in [0.2, 0.25) is 11.7 Å². The van der Waals surface area contributed by atoms with Crippen LogP contribution in [0.25, 0.3) is 6.08 Å². The van der Waals surface area contributed by atoms with Crippen LogP contribution in [0.5, 0.6) is 0 Å². The lowest BCUT2D eigenvalue weighted by atomic mass is 10.1. The highest BCUT2D eigenvalue weighted by Gasteiger charge is 2.24. The molecule has 1 N–H and O–H groups in total. The van der Waals surface area contributed by atoms with Gasteiger partial charge in [0, 0.05) is 25.0 Å². The van der Waals surface area contributed by atoms with Crippen LogP contribution >= 0.6 is 0 Å². The Balaban J connectivity index is 1.67. The molecule has 0 aliphatic rings. The highest BCUT2D eigenvalue weighted by Crippen LogP contribution is 2.27. The smallest absolute Gasteiger partial charge is 0.228 e. The van der Waals surface area contributed by atoms with Crippen LogP contribution in [0.15, 0.2) is 42.7 Å². The number of aryl methyl sites for hydroxylation is 1. The van der Waals surface area contributed by atoms with E-state index in [9.17, 15) is 27.2 Å². The number of allylic oxidation sites excluding steroid dienone is 1. The van der Waals surface area contributed by atoms with Crippen molar-refractivity contribution >= 4 is 23.5 Å². The zero-order valence-corrected chi connectivity index (χ0v) is 16.5. The third kappa shape index (κ3) is 4.71. The minimum atomic E-state index is -1.66. The summed E-state index contributed by atoms with van der Waals surface area (Å²) in [5.74, 6) is -7.31. The van der Waals surface area contributed by atoms with Gasteiger partial charge < -0.3 is 9.88 Å². The number of anilines is 1. The van der Waals surface area contributed by atoms with Gasteiger partial charge in [-0.25, -0.2) is 22.5 Å². The summed E-state index contributed by atoms with van der Waals surface area (Å²) in [7, 11) is 1.70. The zero-order chi connectivity index (χ0) is 22.7. The monoisotopic (exact) mass is 431 g/mol. The molecule has 0 aliphatic carbocycles. The summed E-state index contributed by atoms with van der Waals surface area (Å²) in [5, 5.41) is 1.87. The molecule has 5 nitrogen and oxygen atoms in total. The number of benzene rings is 2. The Kier molecular flexibility index (Phi) is 6.33. The number of nitrogens with one attached hydrogen (secondary N) is 1. The minimum absolute atomic E-state index is 0.280. The van der Waals surface area contributed by atoms with Crippen LogP contribution in [0.4, 0.5) is 23.2 Å². The van der Waals surface area contributed by atoms with E-state index in [1.165, 1.54) is 12.3 Å². The largest absolute Gasteiger partial charge is 0.331 e. The van der Waals surface area contributed by atoms with E-state index in [1.807, 2.05) is 5.32 Å². The second kappa shape index (κ2) is 8.95. The van der Waals surface area contributed by atoms with Crippen LogP contribution < -0.4 is 5.32 Å². The number of halogens is 4. The molecule has 3 aromatic rings. The van der Waals surface area contributed by atoms with Gasteiger partial charge in [-0.3, -0.25) is 9.59 Å². The first-order valence-electron chi connectivity index (χ1n) is 9.10. The van der Waals surface area contributed by atoms with E-state index in [4.69, 9.17) is 0 Å². The zero-order valence-electron chi connectivity index (χ0n) is 16.5. The topological polar surface area (TPSA) is 64.0 Å². The van der Waals surface area contributed by atoms with Gasteiger partial charge in [0.25, 0.3) is 0 Å². The predicted octanol–water partition coefficient (Wildman–Crippen LogP) is 4.36. The SMILES string of the molecule is Cc1c(F)c(F)c(NC(=O)Cc2ccc(/C=C/C(=O)c3nccn3C)cc2)c(F)c1F. The first-order chi connectivity index (χ1) is 14.7. The van der Waals surface area contributed by atoms with Crippen molar-refractivity contribution in [1.82, 2.24) is 9.55 Å². The van der Waals surface area contributed by atoms with Crippen molar-refractivity contribution in [3.8, 4) is 0 Å². The van der Waals surface area contributed by atoms with Gasteiger partial charge in [-0.1, -0.05) is 30.3 Å². The van der Waals surface area contributed by atoms with Crippen LogP contribution in [0.2, 0.25) is 0 Å². The van der Waals surface area contributed by atoms with Crippen molar-refractivity contribution in [3.05, 3.63) is 88.5 Å². The molecule has 0 fully saturated rings. The predicted molar refractivity (Wildman–Crippen MR) is 106 cm³/mol. The lowest BCUT2D eigenvalue weighted by molar-refractivity contribution is -0.115. The Morgan fingerprint density at radius 1 is 1.03 bits per heavy atom. The molecule has 31 heavy (non-hydrogen) atoms. The van der Waals surface area contributed by atoms with E-state index in [1.54, 1.807) is 48.2 Å². The number of carbonyl (C=O) groups excluding carboxylic acids is 2. The highest BCUT2D eigenvalue weighted by molar-refractivity contribution is 6.04. The van der Waals surface area contributed by atoms with Gasteiger partial charge in [0.15, 0.2) is 29.1 Å². The molecule has 0 radical (unpaired) electrons. The van der Waals surface area contributed by atoms with Crippen molar-refractivity contribution in [1.29, 1.82) is 0 Å². The summed E-state index contributed by atoms with van der Waals surface area (Å²) >= 11 is 0. The Labute approximate surface area is 175 Å². The van der Waals surface area contributed by atoms with Gasteiger partial charge in [0.1, 0.15) is 5.69 Å². The van der Waals surface area contributed by atoms with Gasteiger partial charge in [-0.2, -0.15) is 0 Å². The number of carbonyl (C=O) groups is 2. The first-order valence-corrected chi connectivity index (χ1v) is 9.10. The van der Waals surface area contributed by atoms with Crippen LogP contribution in [-0.2, 0) is 18.3 Å². The number of rotatable bonds is 6. The molecular formula is C22H17F4N3O2. The van der Waals surface area contributed by atoms with Gasteiger partial charge in [0.05, 0.1) is 6.42 Å². The second-order valence-corrected chi connectivity index (χ2v) is 6.78. The van der Waals surface area contributed by atoms with E-state index in [-0.39, 0.29) is 18.0 Å². The third-order valence-corrected chi connectivity index (χ3v) is 4.56. The first kappa shape index (κ1) is 21.9. The average molecular weight is 431 g/mol. The van der Waals surface area contributed by atoms with Crippen molar-refractivity contribution in [2.75, 3.05) is 5.32 Å². The second-order valence-electron chi connectivity index (χ2n) is 6.78. The Morgan fingerprint density at radius 2 is 1.65 bits per heavy atom. The third-order valence-electron chi connectivity index (χ3n) is 4.56. The van der Waals surface area contributed by atoms with Crippen molar-refractivity contribution in [2.45, 2.75) is 13.3 Å².